The van der Waals surface area contributed by atoms with Crippen molar-refractivity contribution in [1.29, 1.82) is 0 Å². The van der Waals surface area contributed by atoms with Gasteiger partial charge in [-0.1, -0.05) is 45.0 Å². The zero-order valence-electron chi connectivity index (χ0n) is 21.8. The maximum Gasteiger partial charge on any atom is 0.311 e. The van der Waals surface area contributed by atoms with E-state index in [1.54, 1.807) is 0 Å². The highest BCUT2D eigenvalue weighted by Crippen LogP contribution is 2.65. The first kappa shape index (κ1) is 30.0. The van der Waals surface area contributed by atoms with E-state index in [1.807, 2.05) is 34.6 Å². The molecular formula is C24H48NO5PS. The molecular weight excluding hydrogens is 445 g/mol. The first-order chi connectivity index (χ1) is 14.7. The molecule has 1 rings (SSSR count). The minimum atomic E-state index is -2.93. The zero-order valence-corrected chi connectivity index (χ0v) is 23.5. The normalized spacial score (nSPS) is 19.9. The summed E-state index contributed by atoms with van der Waals surface area (Å²) in [4.78, 5) is 15.0. The molecule has 0 radical (unpaired) electrons. The van der Waals surface area contributed by atoms with Crippen LogP contribution in [0.1, 0.15) is 81.1 Å². The lowest BCUT2D eigenvalue weighted by atomic mass is 9.85. The largest absolute Gasteiger partial charge is 0.464 e. The molecule has 2 atom stereocenters. The van der Waals surface area contributed by atoms with Crippen molar-refractivity contribution < 1.29 is 23.4 Å². The van der Waals surface area contributed by atoms with Gasteiger partial charge in [0.2, 0.25) is 0 Å². The molecule has 0 aliphatic carbocycles. The average molecular weight is 494 g/mol. The van der Waals surface area contributed by atoms with Crippen LogP contribution in [0.25, 0.3) is 0 Å². The van der Waals surface area contributed by atoms with Gasteiger partial charge in [-0.15, -0.1) is 0 Å². The number of carbonyl (C=O) groups excluding carboxylic acids is 1. The van der Waals surface area contributed by atoms with Gasteiger partial charge in [-0.2, -0.15) is 0 Å². The fourth-order valence-electron chi connectivity index (χ4n) is 3.83. The molecule has 8 heteroatoms. The van der Waals surface area contributed by atoms with E-state index >= 15 is 0 Å². The van der Waals surface area contributed by atoms with Crippen LogP contribution in [-0.4, -0.2) is 67.8 Å². The van der Waals surface area contributed by atoms with E-state index in [0.29, 0.717) is 11.9 Å². The van der Waals surface area contributed by atoms with E-state index in [-0.39, 0.29) is 18.0 Å². The van der Waals surface area contributed by atoms with Crippen molar-refractivity contribution in [3.63, 3.8) is 0 Å². The second-order valence-corrected chi connectivity index (χ2v) is 15.8. The van der Waals surface area contributed by atoms with Crippen molar-refractivity contribution in [3.05, 3.63) is 0 Å². The SMILES string of the molecule is CCCC(C)(CC)CP(=O)(OC(C)(C)C)SCCOC(=O)C(C)(C)CCN1CCOCC1. The van der Waals surface area contributed by atoms with E-state index in [1.165, 1.54) is 11.4 Å². The van der Waals surface area contributed by atoms with Crippen LogP contribution in [0.5, 0.6) is 0 Å². The molecule has 0 aromatic rings. The van der Waals surface area contributed by atoms with Crippen molar-refractivity contribution in [2.45, 2.75) is 86.7 Å². The highest BCUT2D eigenvalue weighted by molar-refractivity contribution is 8.56. The molecule has 0 N–H and O–H groups in total. The number of carbonyl (C=O) groups is 1. The van der Waals surface area contributed by atoms with Crippen LogP contribution >= 0.6 is 18.0 Å². The quantitative estimate of drug-likeness (QED) is 0.161. The Balaban J connectivity index is 2.59. The summed E-state index contributed by atoms with van der Waals surface area (Å²) in [6, 6.07) is 0. The Bertz CT molecular complexity index is 616. The topological polar surface area (TPSA) is 65.1 Å². The van der Waals surface area contributed by atoms with Gasteiger partial charge in [0, 0.05) is 25.0 Å². The van der Waals surface area contributed by atoms with Crippen molar-refractivity contribution in [1.82, 2.24) is 4.90 Å². The van der Waals surface area contributed by atoms with Crippen molar-refractivity contribution >= 4 is 23.9 Å². The maximum atomic E-state index is 13.8. The number of hydrogen-bond donors (Lipinski definition) is 0. The van der Waals surface area contributed by atoms with Crippen LogP contribution in [0.2, 0.25) is 0 Å². The summed E-state index contributed by atoms with van der Waals surface area (Å²) in [7, 11) is 0. The molecule has 1 fully saturated rings. The van der Waals surface area contributed by atoms with E-state index in [2.05, 4.69) is 25.7 Å². The van der Waals surface area contributed by atoms with Gasteiger partial charge in [-0.25, -0.2) is 0 Å². The fourth-order valence-corrected chi connectivity index (χ4v) is 9.72. The predicted octanol–water partition coefficient (Wildman–Crippen LogP) is 6.24. The number of morpholine rings is 1. The summed E-state index contributed by atoms with van der Waals surface area (Å²) in [5.74, 6) is 0.284. The highest BCUT2D eigenvalue weighted by Gasteiger charge is 2.38. The van der Waals surface area contributed by atoms with Crippen LogP contribution < -0.4 is 0 Å². The third-order valence-corrected chi connectivity index (χ3v) is 11.1. The predicted molar refractivity (Wildman–Crippen MR) is 136 cm³/mol. The summed E-state index contributed by atoms with van der Waals surface area (Å²) >= 11 is 1.34. The number of hydrogen-bond acceptors (Lipinski definition) is 7. The Kier molecular flexibility index (Phi) is 12.3. The summed E-state index contributed by atoms with van der Waals surface area (Å²) in [6.45, 7) is 17.8. The third-order valence-electron chi connectivity index (χ3n) is 6.01. The van der Waals surface area contributed by atoms with Crippen LogP contribution in [0, 0.1) is 10.8 Å². The second-order valence-electron chi connectivity index (χ2n) is 10.9. The van der Waals surface area contributed by atoms with Crippen LogP contribution in [0.3, 0.4) is 0 Å². The van der Waals surface area contributed by atoms with Crippen LogP contribution in [0.4, 0.5) is 0 Å². The molecule has 1 aliphatic rings. The molecule has 0 amide bonds. The van der Waals surface area contributed by atoms with Gasteiger partial charge in [0.15, 0.2) is 0 Å². The zero-order chi connectivity index (χ0) is 24.5. The molecule has 32 heavy (non-hydrogen) atoms. The van der Waals surface area contributed by atoms with E-state index in [4.69, 9.17) is 14.0 Å². The number of esters is 1. The smallest absolute Gasteiger partial charge is 0.311 e. The minimum Gasteiger partial charge on any atom is -0.464 e. The van der Waals surface area contributed by atoms with Gasteiger partial charge in [0.05, 0.1) is 24.2 Å². The Morgan fingerprint density at radius 1 is 1.06 bits per heavy atom. The summed E-state index contributed by atoms with van der Waals surface area (Å²) in [6.07, 6.45) is 4.34. The van der Waals surface area contributed by atoms with Gasteiger partial charge in [0.25, 0.3) is 6.57 Å². The highest BCUT2D eigenvalue weighted by atomic mass is 32.7. The Hall–Kier alpha value is -0.0700. The van der Waals surface area contributed by atoms with Gasteiger partial charge in [-0.05, 0) is 59.4 Å². The van der Waals surface area contributed by atoms with Crippen molar-refractivity contribution in [3.8, 4) is 0 Å². The Labute approximate surface area is 201 Å². The molecule has 6 nitrogen and oxygen atoms in total. The first-order valence-corrected chi connectivity index (χ1v) is 15.6. The summed E-state index contributed by atoms with van der Waals surface area (Å²) < 4.78 is 30.9. The lowest BCUT2D eigenvalue weighted by Gasteiger charge is -2.35. The monoisotopic (exact) mass is 493 g/mol. The third kappa shape index (κ3) is 11.4. The molecule has 0 spiro atoms. The maximum absolute atomic E-state index is 13.8. The Morgan fingerprint density at radius 2 is 1.69 bits per heavy atom. The number of nitrogens with zero attached hydrogens (tertiary/aromatic N) is 1. The summed E-state index contributed by atoms with van der Waals surface area (Å²) in [5.41, 5.74) is -1.04. The second kappa shape index (κ2) is 13.1. The molecule has 1 heterocycles. The lowest BCUT2D eigenvalue weighted by Crippen LogP contribution is -2.39. The first-order valence-electron chi connectivity index (χ1n) is 12.2. The van der Waals surface area contributed by atoms with E-state index in [0.717, 1.165) is 58.5 Å². The van der Waals surface area contributed by atoms with Crippen LogP contribution in [0.15, 0.2) is 0 Å². The number of ether oxygens (including phenoxy) is 2. The van der Waals surface area contributed by atoms with Gasteiger partial charge in [-0.3, -0.25) is 14.3 Å². The minimum absolute atomic E-state index is 0.0132. The van der Waals surface area contributed by atoms with Crippen LogP contribution in [-0.2, 0) is 23.4 Å². The standard InChI is InChI=1S/C24H48NO5PS/c1-9-11-24(8,10-2)20-31(27,30-22(3,4)5)32-19-18-29-21(26)23(6,7)12-13-25-14-16-28-17-15-25/h9-20H2,1-8H3. The van der Waals surface area contributed by atoms with Gasteiger partial charge >= 0.3 is 5.97 Å². The molecule has 0 bridgehead atoms. The molecule has 1 saturated heterocycles. The molecule has 2 unspecified atom stereocenters. The molecule has 0 aromatic carbocycles. The van der Waals surface area contributed by atoms with E-state index in [9.17, 15) is 9.36 Å². The average Bonchev–Trinajstić information content (AvgIpc) is 2.69. The van der Waals surface area contributed by atoms with Crippen molar-refractivity contribution in [2.75, 3.05) is 51.4 Å². The summed E-state index contributed by atoms with van der Waals surface area (Å²) in [5, 5.41) is 0. The Morgan fingerprint density at radius 3 is 2.22 bits per heavy atom. The molecule has 190 valence electrons. The van der Waals surface area contributed by atoms with Gasteiger partial charge < -0.3 is 14.0 Å². The lowest BCUT2D eigenvalue weighted by molar-refractivity contribution is -0.153. The van der Waals surface area contributed by atoms with Gasteiger partial charge in [0.1, 0.15) is 6.61 Å². The number of rotatable bonds is 14. The van der Waals surface area contributed by atoms with E-state index < -0.39 is 17.6 Å². The molecule has 0 saturated carbocycles. The molecule has 1 aliphatic heterocycles. The fraction of sp³-hybridized carbons (Fsp3) is 0.958. The van der Waals surface area contributed by atoms with Crippen molar-refractivity contribution in [2.24, 2.45) is 10.8 Å². The molecule has 0 aromatic heterocycles.